The lowest BCUT2D eigenvalue weighted by molar-refractivity contribution is -0.138. The molecule has 0 saturated carbocycles. The van der Waals surface area contributed by atoms with Gasteiger partial charge in [-0.15, -0.1) is 0 Å². The molecule has 2 aliphatic rings. The van der Waals surface area contributed by atoms with Gasteiger partial charge >= 0.3 is 0 Å². The zero-order valence-corrected chi connectivity index (χ0v) is 9.62. The number of amides is 1. The van der Waals surface area contributed by atoms with E-state index in [4.69, 9.17) is 4.74 Å². The number of nitrogens with zero attached hydrogens (tertiary/aromatic N) is 1. The molecular weight excluding hydrogens is 211 g/mol. The van der Waals surface area contributed by atoms with Gasteiger partial charge in [0.2, 0.25) is 5.91 Å². The Hall–Kier alpha value is -0.680. The van der Waals surface area contributed by atoms with Crippen molar-refractivity contribution in [2.24, 2.45) is 0 Å². The average molecular weight is 230 g/mol. The number of alkyl halides is 1. The highest BCUT2D eigenvalue weighted by atomic mass is 19.1. The number of rotatable bonds is 2. The van der Waals surface area contributed by atoms with Gasteiger partial charge in [-0.1, -0.05) is 0 Å². The van der Waals surface area contributed by atoms with Crippen molar-refractivity contribution in [3.63, 3.8) is 0 Å². The summed E-state index contributed by atoms with van der Waals surface area (Å²) < 4.78 is 18.6. The first kappa shape index (κ1) is 11.8. The Labute approximate surface area is 95.1 Å². The molecule has 2 saturated heterocycles. The van der Waals surface area contributed by atoms with Crippen LogP contribution in [0.25, 0.3) is 0 Å². The number of hydrogen-bond donors (Lipinski definition) is 1. The molecule has 16 heavy (non-hydrogen) atoms. The van der Waals surface area contributed by atoms with Crippen LogP contribution < -0.4 is 5.32 Å². The molecule has 0 bridgehead atoms. The van der Waals surface area contributed by atoms with Crippen molar-refractivity contribution in [1.29, 1.82) is 0 Å². The van der Waals surface area contributed by atoms with Gasteiger partial charge in [0.25, 0.3) is 0 Å². The van der Waals surface area contributed by atoms with Crippen molar-refractivity contribution in [3.8, 4) is 0 Å². The summed E-state index contributed by atoms with van der Waals surface area (Å²) in [6.07, 6.45) is 1.10. The van der Waals surface area contributed by atoms with Gasteiger partial charge in [-0.05, 0) is 25.8 Å². The third kappa shape index (κ3) is 2.35. The third-order valence-corrected chi connectivity index (χ3v) is 3.45. The molecule has 2 heterocycles. The second-order valence-corrected chi connectivity index (χ2v) is 4.51. The monoisotopic (exact) mass is 230 g/mol. The van der Waals surface area contributed by atoms with Crippen LogP contribution in [0, 0.1) is 0 Å². The molecule has 0 aromatic heterocycles. The van der Waals surface area contributed by atoms with Crippen LogP contribution in [0.4, 0.5) is 4.39 Å². The highest BCUT2D eigenvalue weighted by Crippen LogP contribution is 2.19. The number of carbonyl (C=O) groups is 1. The van der Waals surface area contributed by atoms with E-state index in [-0.39, 0.29) is 24.6 Å². The second-order valence-electron chi connectivity index (χ2n) is 4.51. The molecule has 3 unspecified atom stereocenters. The first-order valence-corrected chi connectivity index (χ1v) is 5.91. The van der Waals surface area contributed by atoms with Crippen LogP contribution in [-0.2, 0) is 9.53 Å². The quantitative estimate of drug-likeness (QED) is 0.743. The van der Waals surface area contributed by atoms with Gasteiger partial charge in [-0.25, -0.2) is 4.39 Å². The van der Waals surface area contributed by atoms with Crippen molar-refractivity contribution in [1.82, 2.24) is 10.2 Å². The van der Waals surface area contributed by atoms with E-state index < -0.39 is 6.17 Å². The summed E-state index contributed by atoms with van der Waals surface area (Å²) in [6, 6.07) is -0.0914. The fourth-order valence-corrected chi connectivity index (χ4v) is 2.46. The predicted molar refractivity (Wildman–Crippen MR) is 57.9 cm³/mol. The van der Waals surface area contributed by atoms with Gasteiger partial charge in [0.15, 0.2) is 0 Å². The average Bonchev–Trinajstić information content (AvgIpc) is 2.81. The maximum Gasteiger partial charge on any atom is 0.239 e. The molecule has 0 aliphatic carbocycles. The van der Waals surface area contributed by atoms with E-state index in [0.717, 1.165) is 19.4 Å². The number of ether oxygens (including phenoxy) is 1. The van der Waals surface area contributed by atoms with E-state index in [2.05, 4.69) is 5.32 Å². The summed E-state index contributed by atoms with van der Waals surface area (Å²) in [7, 11) is 1.52. The number of hydrogen-bond acceptors (Lipinski definition) is 3. The number of piperidine rings is 1. The molecule has 4 nitrogen and oxygen atoms in total. The fraction of sp³-hybridized carbons (Fsp3) is 0.909. The summed E-state index contributed by atoms with van der Waals surface area (Å²) in [5.41, 5.74) is 0. The van der Waals surface area contributed by atoms with Gasteiger partial charge in [0.1, 0.15) is 6.17 Å². The van der Waals surface area contributed by atoms with Crippen LogP contribution in [0.3, 0.4) is 0 Å². The van der Waals surface area contributed by atoms with Gasteiger partial charge in [0, 0.05) is 13.7 Å². The minimum Gasteiger partial charge on any atom is -0.378 e. The third-order valence-electron chi connectivity index (χ3n) is 3.45. The lowest BCUT2D eigenvalue weighted by Gasteiger charge is -2.35. The Morgan fingerprint density at radius 2 is 2.31 bits per heavy atom. The van der Waals surface area contributed by atoms with Crippen molar-refractivity contribution in [3.05, 3.63) is 0 Å². The molecular formula is C11H19FN2O2. The van der Waals surface area contributed by atoms with Crippen LogP contribution in [0.5, 0.6) is 0 Å². The van der Waals surface area contributed by atoms with Crippen LogP contribution in [0.1, 0.15) is 19.3 Å². The Kier molecular flexibility index (Phi) is 3.76. The molecule has 1 amide bonds. The summed E-state index contributed by atoms with van der Waals surface area (Å²) in [4.78, 5) is 13.6. The lowest BCUT2D eigenvalue weighted by atomic mass is 10.0. The number of methoxy groups -OCH3 is 1. The van der Waals surface area contributed by atoms with Gasteiger partial charge in [0.05, 0.1) is 18.7 Å². The zero-order chi connectivity index (χ0) is 11.5. The van der Waals surface area contributed by atoms with Gasteiger partial charge in [-0.3, -0.25) is 4.79 Å². The fourth-order valence-electron chi connectivity index (χ4n) is 2.46. The molecule has 0 aromatic carbocycles. The van der Waals surface area contributed by atoms with Crippen LogP contribution >= 0.6 is 0 Å². The van der Waals surface area contributed by atoms with E-state index in [1.165, 1.54) is 7.11 Å². The summed E-state index contributed by atoms with van der Waals surface area (Å²) in [5.74, 6) is 0.0507. The topological polar surface area (TPSA) is 41.6 Å². The maximum atomic E-state index is 13.6. The molecule has 3 atom stereocenters. The first-order chi connectivity index (χ1) is 7.72. The van der Waals surface area contributed by atoms with Crippen LogP contribution in [-0.4, -0.2) is 55.9 Å². The first-order valence-electron chi connectivity index (χ1n) is 5.91. The molecule has 2 fully saturated rings. The largest absolute Gasteiger partial charge is 0.378 e. The van der Waals surface area contributed by atoms with Gasteiger partial charge in [-0.2, -0.15) is 0 Å². The Balaban J connectivity index is 1.88. The molecule has 0 spiro atoms. The van der Waals surface area contributed by atoms with Gasteiger partial charge < -0.3 is 15.0 Å². The highest BCUT2D eigenvalue weighted by molar-refractivity contribution is 5.82. The number of carbonyl (C=O) groups excluding carboxylic acids is 1. The molecule has 2 rings (SSSR count). The molecule has 92 valence electrons. The minimum atomic E-state index is -1.05. The van der Waals surface area contributed by atoms with E-state index in [0.29, 0.717) is 13.0 Å². The Morgan fingerprint density at radius 3 is 2.88 bits per heavy atom. The predicted octanol–water partition coefficient (Wildman–Crippen LogP) is 0.324. The summed E-state index contributed by atoms with van der Waals surface area (Å²) >= 11 is 0. The molecule has 2 aliphatic heterocycles. The summed E-state index contributed by atoms with van der Waals surface area (Å²) in [5, 5.41) is 3.15. The molecule has 0 radical (unpaired) electrons. The molecule has 5 heteroatoms. The van der Waals surface area contributed by atoms with E-state index in [1.807, 2.05) is 0 Å². The van der Waals surface area contributed by atoms with Crippen molar-refractivity contribution < 1.29 is 13.9 Å². The van der Waals surface area contributed by atoms with E-state index in [1.54, 1.807) is 4.90 Å². The lowest BCUT2D eigenvalue weighted by Crippen LogP contribution is -2.52. The summed E-state index contributed by atoms with van der Waals surface area (Å²) in [6.45, 7) is 1.68. The standard InChI is InChI=1S/C11H19FN2O2/c1-16-10-4-6-14(7-8(10)12)11(15)9-3-2-5-13-9/h8-10,13H,2-7H2,1H3. The Morgan fingerprint density at radius 1 is 1.50 bits per heavy atom. The van der Waals surface area contributed by atoms with E-state index in [9.17, 15) is 9.18 Å². The number of halogens is 1. The molecule has 0 aromatic rings. The SMILES string of the molecule is COC1CCN(C(=O)C2CCCN2)CC1F. The van der Waals surface area contributed by atoms with E-state index >= 15 is 0 Å². The Bertz CT molecular complexity index is 256. The smallest absolute Gasteiger partial charge is 0.239 e. The maximum absolute atomic E-state index is 13.6. The van der Waals surface area contributed by atoms with Crippen LogP contribution in [0.15, 0.2) is 0 Å². The minimum absolute atomic E-state index is 0.0507. The van der Waals surface area contributed by atoms with Crippen molar-refractivity contribution in [2.75, 3.05) is 26.7 Å². The normalized spacial score (nSPS) is 35.4. The highest BCUT2D eigenvalue weighted by Gasteiger charge is 2.34. The molecule has 1 N–H and O–H groups in total. The van der Waals surface area contributed by atoms with Crippen molar-refractivity contribution in [2.45, 2.75) is 37.6 Å². The zero-order valence-electron chi connectivity index (χ0n) is 9.62. The second kappa shape index (κ2) is 5.10. The number of likely N-dealkylation sites (tertiary alicyclic amines) is 1. The van der Waals surface area contributed by atoms with Crippen LogP contribution in [0.2, 0.25) is 0 Å². The number of nitrogens with one attached hydrogen (secondary N) is 1. The van der Waals surface area contributed by atoms with Crippen molar-refractivity contribution >= 4 is 5.91 Å².